The lowest BCUT2D eigenvalue weighted by Gasteiger charge is -2.31. The highest BCUT2D eigenvalue weighted by atomic mass is 16.1. The van der Waals surface area contributed by atoms with E-state index in [1.54, 1.807) is 4.90 Å². The molecule has 1 aliphatic rings. The summed E-state index contributed by atoms with van der Waals surface area (Å²) >= 11 is 0. The van der Waals surface area contributed by atoms with E-state index in [0.29, 0.717) is 6.42 Å². The number of aryl methyl sites for hydroxylation is 1. The Bertz CT molecular complexity index is 448. The molecule has 0 radical (unpaired) electrons. The lowest BCUT2D eigenvalue weighted by Crippen LogP contribution is -3.14. The van der Waals surface area contributed by atoms with Gasteiger partial charge in [0.05, 0.1) is 26.1 Å². The second kappa shape index (κ2) is 6.89. The average Bonchev–Trinajstić information content (AvgIpc) is 2.38. The Morgan fingerprint density at radius 1 is 1.25 bits per heavy atom. The molecule has 1 aromatic rings. The molecule has 2 unspecified atom stereocenters. The predicted molar refractivity (Wildman–Crippen MR) is 82.9 cm³/mol. The van der Waals surface area contributed by atoms with Crippen LogP contribution >= 0.6 is 0 Å². The number of para-hydroxylation sites is 1. The largest absolute Gasteiger partial charge is 0.334 e. The molecule has 1 aliphatic heterocycles. The van der Waals surface area contributed by atoms with E-state index in [1.165, 1.54) is 19.5 Å². The van der Waals surface area contributed by atoms with Gasteiger partial charge in [-0.2, -0.15) is 0 Å². The van der Waals surface area contributed by atoms with Crippen molar-refractivity contribution in [2.75, 3.05) is 25.0 Å². The number of piperidine rings is 1. The van der Waals surface area contributed by atoms with Crippen molar-refractivity contribution in [3.8, 4) is 0 Å². The van der Waals surface area contributed by atoms with Gasteiger partial charge >= 0.3 is 0 Å². The van der Waals surface area contributed by atoms with Crippen molar-refractivity contribution in [2.24, 2.45) is 11.8 Å². The normalized spacial score (nSPS) is 26.2. The van der Waals surface area contributed by atoms with Crippen LogP contribution in [0.1, 0.15) is 32.3 Å². The second-order valence-corrected chi connectivity index (χ2v) is 6.47. The summed E-state index contributed by atoms with van der Waals surface area (Å²) < 4.78 is 0. The van der Waals surface area contributed by atoms with Crippen LogP contribution in [-0.4, -0.2) is 25.5 Å². The minimum Gasteiger partial charge on any atom is -0.334 e. The summed E-state index contributed by atoms with van der Waals surface area (Å²) in [7, 11) is 0. The molecular weight excluding hydrogens is 248 g/mol. The van der Waals surface area contributed by atoms with Gasteiger partial charge in [-0.15, -0.1) is 0 Å². The maximum atomic E-state index is 12.0. The molecule has 0 bridgehead atoms. The Balaban J connectivity index is 1.79. The molecule has 0 saturated carbocycles. The number of amides is 1. The molecule has 1 amide bonds. The topological polar surface area (TPSA) is 33.5 Å². The van der Waals surface area contributed by atoms with Gasteiger partial charge in [0.1, 0.15) is 0 Å². The molecule has 110 valence electrons. The predicted octanol–water partition coefficient (Wildman–Crippen LogP) is 1.88. The van der Waals surface area contributed by atoms with Gasteiger partial charge in [0.25, 0.3) is 0 Å². The van der Waals surface area contributed by atoms with Crippen molar-refractivity contribution in [1.82, 2.24) is 0 Å². The van der Waals surface area contributed by atoms with E-state index in [-0.39, 0.29) is 5.91 Å². The lowest BCUT2D eigenvalue weighted by atomic mass is 9.92. The highest BCUT2D eigenvalue weighted by Crippen LogP contribution is 2.13. The number of anilines is 1. The first-order chi connectivity index (χ1) is 9.54. The van der Waals surface area contributed by atoms with Gasteiger partial charge in [-0.25, -0.2) is 0 Å². The molecule has 2 atom stereocenters. The van der Waals surface area contributed by atoms with Gasteiger partial charge in [-0.1, -0.05) is 32.0 Å². The van der Waals surface area contributed by atoms with Crippen LogP contribution in [0.25, 0.3) is 0 Å². The number of benzene rings is 1. The van der Waals surface area contributed by atoms with Crippen molar-refractivity contribution in [1.29, 1.82) is 0 Å². The smallest absolute Gasteiger partial charge is 0.230 e. The third kappa shape index (κ3) is 4.34. The van der Waals surface area contributed by atoms with E-state index >= 15 is 0 Å². The minimum atomic E-state index is 0.137. The summed E-state index contributed by atoms with van der Waals surface area (Å²) in [6, 6.07) is 7.94. The number of likely N-dealkylation sites (tertiary alicyclic amines) is 1. The van der Waals surface area contributed by atoms with Crippen LogP contribution in [0.2, 0.25) is 0 Å². The van der Waals surface area contributed by atoms with Crippen molar-refractivity contribution in [3.63, 3.8) is 0 Å². The fourth-order valence-electron chi connectivity index (χ4n) is 3.34. The molecule has 2 rings (SSSR count). The van der Waals surface area contributed by atoms with E-state index in [9.17, 15) is 4.79 Å². The number of carbonyl (C=O) groups is 1. The van der Waals surface area contributed by atoms with Gasteiger partial charge in [-0.3, -0.25) is 4.79 Å². The van der Waals surface area contributed by atoms with Gasteiger partial charge in [0.2, 0.25) is 5.91 Å². The molecule has 20 heavy (non-hydrogen) atoms. The van der Waals surface area contributed by atoms with Gasteiger partial charge in [0, 0.05) is 17.5 Å². The molecule has 3 heteroatoms. The molecule has 1 aromatic carbocycles. The van der Waals surface area contributed by atoms with Crippen molar-refractivity contribution < 1.29 is 9.69 Å². The number of hydrogen-bond donors (Lipinski definition) is 2. The van der Waals surface area contributed by atoms with Crippen LogP contribution < -0.4 is 10.2 Å². The van der Waals surface area contributed by atoms with Gasteiger partial charge < -0.3 is 10.2 Å². The summed E-state index contributed by atoms with van der Waals surface area (Å²) in [5.41, 5.74) is 2.06. The summed E-state index contributed by atoms with van der Waals surface area (Å²) in [6.07, 6.45) is 1.95. The zero-order chi connectivity index (χ0) is 14.5. The number of carbonyl (C=O) groups excluding carboxylic acids is 1. The third-order valence-electron chi connectivity index (χ3n) is 4.20. The summed E-state index contributed by atoms with van der Waals surface area (Å²) in [4.78, 5) is 13.6. The molecule has 0 aromatic heterocycles. The van der Waals surface area contributed by atoms with Crippen molar-refractivity contribution >= 4 is 11.6 Å². The molecule has 0 aliphatic carbocycles. The summed E-state index contributed by atoms with van der Waals surface area (Å²) in [5, 5.41) is 3.02. The maximum Gasteiger partial charge on any atom is 0.230 e. The first kappa shape index (κ1) is 15.0. The van der Waals surface area contributed by atoms with E-state index < -0.39 is 0 Å². The summed E-state index contributed by atoms with van der Waals surface area (Å²) in [6.45, 7) is 10.0. The van der Waals surface area contributed by atoms with Crippen molar-refractivity contribution in [3.05, 3.63) is 29.8 Å². The fraction of sp³-hybridized carbons (Fsp3) is 0.588. The Kier molecular flexibility index (Phi) is 5.18. The first-order valence-corrected chi connectivity index (χ1v) is 7.73. The zero-order valence-corrected chi connectivity index (χ0v) is 12.9. The molecule has 1 fully saturated rings. The van der Waals surface area contributed by atoms with E-state index in [2.05, 4.69) is 19.2 Å². The number of quaternary nitrogens is 1. The van der Waals surface area contributed by atoms with Crippen LogP contribution in [0.15, 0.2) is 24.3 Å². The molecule has 0 spiro atoms. The second-order valence-electron chi connectivity index (χ2n) is 6.47. The number of rotatable bonds is 4. The quantitative estimate of drug-likeness (QED) is 0.864. The molecule has 2 N–H and O–H groups in total. The number of nitrogens with one attached hydrogen (secondary N) is 2. The molecule has 3 nitrogen and oxygen atoms in total. The van der Waals surface area contributed by atoms with Crippen LogP contribution in [0.5, 0.6) is 0 Å². The first-order valence-electron chi connectivity index (χ1n) is 7.73. The highest BCUT2D eigenvalue weighted by molar-refractivity contribution is 5.91. The standard InChI is InChI=1S/C17H26N2O/c1-13-10-14(2)12-19(11-13)9-8-17(20)18-16-7-5-4-6-15(16)3/h4-7,13-14H,8-12H2,1-3H3,(H,18,20)/p+1. The van der Waals surface area contributed by atoms with E-state index in [4.69, 9.17) is 0 Å². The SMILES string of the molecule is Cc1ccccc1NC(=O)CC[NH+]1CC(C)CC(C)C1. The molecular formula is C17H27N2O+. The fourth-order valence-corrected chi connectivity index (χ4v) is 3.34. The highest BCUT2D eigenvalue weighted by Gasteiger charge is 2.25. The maximum absolute atomic E-state index is 12.0. The van der Waals surface area contributed by atoms with E-state index in [0.717, 1.165) is 29.6 Å². The van der Waals surface area contributed by atoms with Gasteiger partial charge in [-0.05, 0) is 25.0 Å². The third-order valence-corrected chi connectivity index (χ3v) is 4.20. The minimum absolute atomic E-state index is 0.137. The Hall–Kier alpha value is -1.35. The average molecular weight is 275 g/mol. The lowest BCUT2D eigenvalue weighted by molar-refractivity contribution is -0.911. The Labute approximate surface area is 122 Å². The number of hydrogen-bond acceptors (Lipinski definition) is 1. The van der Waals surface area contributed by atoms with Crippen LogP contribution in [0.4, 0.5) is 5.69 Å². The monoisotopic (exact) mass is 275 g/mol. The van der Waals surface area contributed by atoms with Crippen LogP contribution in [0, 0.1) is 18.8 Å². The Morgan fingerprint density at radius 2 is 1.90 bits per heavy atom. The van der Waals surface area contributed by atoms with Gasteiger partial charge in [0.15, 0.2) is 0 Å². The van der Waals surface area contributed by atoms with Crippen molar-refractivity contribution in [2.45, 2.75) is 33.6 Å². The summed E-state index contributed by atoms with van der Waals surface area (Å²) in [5.74, 6) is 1.71. The zero-order valence-electron chi connectivity index (χ0n) is 12.9. The molecule has 1 saturated heterocycles. The Morgan fingerprint density at radius 3 is 2.55 bits per heavy atom. The van der Waals surface area contributed by atoms with E-state index in [1.807, 2.05) is 31.2 Å². The van der Waals surface area contributed by atoms with Crippen LogP contribution in [0.3, 0.4) is 0 Å². The van der Waals surface area contributed by atoms with Crippen LogP contribution in [-0.2, 0) is 4.79 Å². The molecule has 1 heterocycles.